The Morgan fingerprint density at radius 3 is 2.33 bits per heavy atom. The van der Waals surface area contributed by atoms with Crippen LogP contribution in [0.4, 0.5) is 0 Å². The van der Waals surface area contributed by atoms with Crippen LogP contribution in [-0.4, -0.2) is 10.6 Å². The first-order valence-corrected chi connectivity index (χ1v) is 5.30. The second-order valence-electron chi connectivity index (χ2n) is 4.56. The van der Waals surface area contributed by atoms with Crippen LogP contribution in [0, 0.1) is 6.92 Å². The first kappa shape index (κ1) is 12.0. The Hall–Kier alpha value is -1.09. The van der Waals surface area contributed by atoms with E-state index in [4.69, 9.17) is 22.7 Å². The number of benzene rings is 1. The molecule has 0 spiro atoms. The molecule has 15 heavy (non-hydrogen) atoms. The van der Waals surface area contributed by atoms with E-state index in [1.165, 1.54) is 0 Å². The van der Waals surface area contributed by atoms with E-state index in [2.05, 4.69) is 0 Å². The van der Waals surface area contributed by atoms with Gasteiger partial charge < -0.3 is 10.5 Å². The maximum absolute atomic E-state index is 5.73. The average Bonchev–Trinajstić information content (AvgIpc) is 1.99. The van der Waals surface area contributed by atoms with Crippen molar-refractivity contribution in [3.63, 3.8) is 0 Å². The lowest BCUT2D eigenvalue weighted by Gasteiger charge is -2.21. The molecule has 0 aromatic heterocycles. The molecule has 1 aromatic carbocycles. The van der Waals surface area contributed by atoms with Crippen molar-refractivity contribution in [3.05, 3.63) is 29.3 Å². The zero-order chi connectivity index (χ0) is 11.6. The highest BCUT2D eigenvalue weighted by atomic mass is 32.1. The van der Waals surface area contributed by atoms with Gasteiger partial charge >= 0.3 is 0 Å². The van der Waals surface area contributed by atoms with Gasteiger partial charge in [0, 0.05) is 5.56 Å². The van der Waals surface area contributed by atoms with Gasteiger partial charge in [0.2, 0.25) is 0 Å². The van der Waals surface area contributed by atoms with Crippen molar-refractivity contribution in [1.82, 2.24) is 0 Å². The molecule has 0 amide bonds. The second kappa shape index (κ2) is 4.19. The highest BCUT2D eigenvalue weighted by molar-refractivity contribution is 7.80. The van der Waals surface area contributed by atoms with Gasteiger partial charge in [0.25, 0.3) is 0 Å². The summed E-state index contributed by atoms with van der Waals surface area (Å²) < 4.78 is 5.73. The van der Waals surface area contributed by atoms with Gasteiger partial charge in [-0.05, 0) is 51.5 Å². The zero-order valence-electron chi connectivity index (χ0n) is 9.63. The van der Waals surface area contributed by atoms with E-state index >= 15 is 0 Å². The summed E-state index contributed by atoms with van der Waals surface area (Å²) in [6.45, 7) is 8.03. The minimum absolute atomic E-state index is 0.183. The molecule has 0 heterocycles. The maximum atomic E-state index is 5.73. The molecule has 0 saturated carbocycles. The number of rotatable bonds is 2. The van der Waals surface area contributed by atoms with Crippen LogP contribution in [0.15, 0.2) is 18.2 Å². The third-order valence-corrected chi connectivity index (χ3v) is 2.11. The van der Waals surface area contributed by atoms with Crippen LogP contribution < -0.4 is 10.5 Å². The average molecular weight is 223 g/mol. The van der Waals surface area contributed by atoms with Gasteiger partial charge in [0.05, 0.1) is 0 Å². The fourth-order valence-corrected chi connectivity index (χ4v) is 1.56. The number of ether oxygens (including phenoxy) is 1. The maximum Gasteiger partial charge on any atom is 0.120 e. The van der Waals surface area contributed by atoms with Crippen molar-refractivity contribution in [2.75, 3.05) is 0 Å². The van der Waals surface area contributed by atoms with Crippen molar-refractivity contribution in [2.45, 2.75) is 33.3 Å². The fourth-order valence-electron chi connectivity index (χ4n) is 1.33. The Balaban J connectivity index is 2.97. The molecule has 0 saturated heterocycles. The molecule has 0 unspecified atom stereocenters. The van der Waals surface area contributed by atoms with Crippen molar-refractivity contribution >= 4 is 17.2 Å². The molecular formula is C12H17NOS. The standard InChI is InChI=1S/C12H17NOS/c1-8-7-9(14-12(2,3)4)5-6-10(8)11(13)15/h5-7H,1-4H3,(H2,13,15). The first-order valence-electron chi connectivity index (χ1n) is 4.89. The Morgan fingerprint density at radius 2 is 1.93 bits per heavy atom. The van der Waals surface area contributed by atoms with E-state index in [0.717, 1.165) is 16.9 Å². The molecule has 0 aliphatic carbocycles. The van der Waals surface area contributed by atoms with Gasteiger partial charge in [-0.15, -0.1) is 0 Å². The van der Waals surface area contributed by atoms with E-state index in [-0.39, 0.29) is 5.60 Å². The summed E-state index contributed by atoms with van der Waals surface area (Å²) in [5, 5.41) is 0. The predicted octanol–water partition coefficient (Wildman–Crippen LogP) is 2.81. The van der Waals surface area contributed by atoms with Gasteiger partial charge in [-0.25, -0.2) is 0 Å². The van der Waals surface area contributed by atoms with Gasteiger partial charge in [0.1, 0.15) is 16.3 Å². The van der Waals surface area contributed by atoms with E-state index < -0.39 is 0 Å². The van der Waals surface area contributed by atoms with E-state index in [1.807, 2.05) is 45.9 Å². The quantitative estimate of drug-likeness (QED) is 0.783. The highest BCUT2D eigenvalue weighted by Crippen LogP contribution is 2.21. The monoisotopic (exact) mass is 223 g/mol. The van der Waals surface area contributed by atoms with Crippen LogP contribution in [0.3, 0.4) is 0 Å². The van der Waals surface area contributed by atoms with Gasteiger partial charge in [-0.1, -0.05) is 12.2 Å². The van der Waals surface area contributed by atoms with Crippen LogP contribution in [0.5, 0.6) is 5.75 Å². The molecule has 1 rings (SSSR count). The summed E-state index contributed by atoms with van der Waals surface area (Å²) in [4.78, 5) is 0.426. The van der Waals surface area contributed by atoms with Gasteiger partial charge in [-0.3, -0.25) is 0 Å². The summed E-state index contributed by atoms with van der Waals surface area (Å²) in [5.41, 5.74) is 7.35. The topological polar surface area (TPSA) is 35.2 Å². The molecule has 0 bridgehead atoms. The molecule has 1 aromatic rings. The van der Waals surface area contributed by atoms with Crippen LogP contribution in [0.2, 0.25) is 0 Å². The Morgan fingerprint density at radius 1 is 1.33 bits per heavy atom. The van der Waals surface area contributed by atoms with Crippen LogP contribution in [0.25, 0.3) is 0 Å². The van der Waals surface area contributed by atoms with E-state index in [9.17, 15) is 0 Å². The van der Waals surface area contributed by atoms with Crippen LogP contribution in [-0.2, 0) is 0 Å². The number of nitrogens with two attached hydrogens (primary N) is 1. The van der Waals surface area contributed by atoms with Crippen molar-refractivity contribution in [2.24, 2.45) is 5.73 Å². The van der Waals surface area contributed by atoms with Crippen LogP contribution >= 0.6 is 12.2 Å². The SMILES string of the molecule is Cc1cc(OC(C)(C)C)ccc1C(N)=S. The molecule has 0 radical (unpaired) electrons. The normalized spacial score (nSPS) is 11.2. The van der Waals surface area contributed by atoms with Gasteiger partial charge in [0.15, 0.2) is 0 Å². The number of hydrogen-bond acceptors (Lipinski definition) is 2. The smallest absolute Gasteiger partial charge is 0.120 e. The van der Waals surface area contributed by atoms with Gasteiger partial charge in [-0.2, -0.15) is 0 Å². The lowest BCUT2D eigenvalue weighted by atomic mass is 10.1. The third-order valence-electron chi connectivity index (χ3n) is 1.89. The number of aryl methyl sites for hydroxylation is 1. The highest BCUT2D eigenvalue weighted by Gasteiger charge is 2.12. The molecule has 3 heteroatoms. The molecule has 0 aliphatic rings. The summed E-state index contributed by atoms with van der Waals surface area (Å²) in [6.07, 6.45) is 0. The Labute approximate surface area is 96.4 Å². The Kier molecular flexibility index (Phi) is 3.35. The summed E-state index contributed by atoms with van der Waals surface area (Å²) in [7, 11) is 0. The molecule has 0 fully saturated rings. The van der Waals surface area contributed by atoms with E-state index in [0.29, 0.717) is 4.99 Å². The molecule has 2 nitrogen and oxygen atoms in total. The van der Waals surface area contributed by atoms with E-state index in [1.54, 1.807) is 0 Å². The Bertz CT molecular complexity index is 380. The molecule has 2 N–H and O–H groups in total. The zero-order valence-corrected chi connectivity index (χ0v) is 10.4. The summed E-state index contributed by atoms with van der Waals surface area (Å²) in [6, 6.07) is 5.76. The largest absolute Gasteiger partial charge is 0.488 e. The van der Waals surface area contributed by atoms with Crippen molar-refractivity contribution < 1.29 is 4.74 Å². The van der Waals surface area contributed by atoms with Crippen molar-refractivity contribution in [1.29, 1.82) is 0 Å². The predicted molar refractivity (Wildman–Crippen MR) is 67.4 cm³/mol. The van der Waals surface area contributed by atoms with Crippen LogP contribution in [0.1, 0.15) is 31.9 Å². The number of thiocarbonyl (C=S) groups is 1. The molecule has 82 valence electrons. The second-order valence-corrected chi connectivity index (χ2v) is 5.00. The molecule has 0 atom stereocenters. The molecule has 0 aliphatic heterocycles. The minimum atomic E-state index is -0.183. The first-order chi connectivity index (χ1) is 6.79. The lowest BCUT2D eigenvalue weighted by molar-refractivity contribution is 0.131. The third kappa shape index (κ3) is 3.51. The van der Waals surface area contributed by atoms with Crippen molar-refractivity contribution in [3.8, 4) is 5.75 Å². The fraction of sp³-hybridized carbons (Fsp3) is 0.417. The number of hydrogen-bond donors (Lipinski definition) is 1. The minimum Gasteiger partial charge on any atom is -0.488 e. The molecular weight excluding hydrogens is 206 g/mol. The summed E-state index contributed by atoms with van der Waals surface area (Å²) >= 11 is 4.94. The summed E-state index contributed by atoms with van der Waals surface area (Å²) in [5.74, 6) is 0.847. The lowest BCUT2D eigenvalue weighted by Crippen LogP contribution is -2.23.